The summed E-state index contributed by atoms with van der Waals surface area (Å²) in [7, 11) is 0. The number of nitrogens with one attached hydrogen (secondary N) is 2. The van der Waals surface area contributed by atoms with Gasteiger partial charge in [0.25, 0.3) is 0 Å². The molecule has 1 unspecified atom stereocenters. The first-order chi connectivity index (χ1) is 15.1. The van der Waals surface area contributed by atoms with Gasteiger partial charge in [-0.15, -0.1) is 11.3 Å². The van der Waals surface area contributed by atoms with Crippen LogP contribution in [-0.2, 0) is 30.8 Å². The van der Waals surface area contributed by atoms with E-state index in [4.69, 9.17) is 0 Å². The topological polar surface area (TPSA) is 108 Å². The van der Waals surface area contributed by atoms with Gasteiger partial charge in [0.2, 0.25) is 0 Å². The van der Waals surface area contributed by atoms with E-state index in [2.05, 4.69) is 25.0 Å². The fourth-order valence-corrected chi connectivity index (χ4v) is 4.48. The van der Waals surface area contributed by atoms with Gasteiger partial charge in [0.1, 0.15) is 0 Å². The molecule has 3 heterocycles. The Hall–Kier alpha value is -2.89. The van der Waals surface area contributed by atoms with E-state index < -0.39 is 17.3 Å². The Morgan fingerprint density at radius 1 is 1.19 bits per heavy atom. The van der Waals surface area contributed by atoms with Crippen LogP contribution in [0.25, 0.3) is 11.2 Å². The second-order valence-corrected chi connectivity index (χ2v) is 8.56. The molecule has 31 heavy (non-hydrogen) atoms. The monoisotopic (exact) mass is 459 g/mol. The van der Waals surface area contributed by atoms with Crippen LogP contribution in [-0.4, -0.2) is 28.3 Å². The van der Waals surface area contributed by atoms with Crippen LogP contribution in [0.3, 0.4) is 0 Å². The summed E-state index contributed by atoms with van der Waals surface area (Å²) in [4.78, 5) is 13.3. The molecule has 0 amide bonds. The first-order valence-electron chi connectivity index (χ1n) is 9.68. The first kappa shape index (κ1) is 21.3. The van der Waals surface area contributed by atoms with Crippen LogP contribution in [0.15, 0.2) is 48.1 Å². The van der Waals surface area contributed by atoms with Gasteiger partial charge in [0, 0.05) is 34.6 Å². The minimum atomic E-state index is -2.31. The summed E-state index contributed by atoms with van der Waals surface area (Å²) in [5.74, 6) is 0.375. The van der Waals surface area contributed by atoms with Crippen LogP contribution >= 0.6 is 11.3 Å². The molecule has 0 saturated heterocycles. The van der Waals surface area contributed by atoms with E-state index in [1.54, 1.807) is 11.7 Å². The lowest BCUT2D eigenvalue weighted by Crippen LogP contribution is -2.06. The van der Waals surface area contributed by atoms with Crippen LogP contribution in [0.4, 0.5) is 15.9 Å². The lowest BCUT2D eigenvalue weighted by Gasteiger charge is -2.07. The van der Waals surface area contributed by atoms with Gasteiger partial charge >= 0.3 is 6.08 Å². The van der Waals surface area contributed by atoms with Crippen molar-refractivity contribution in [3.05, 3.63) is 64.6 Å². The second kappa shape index (κ2) is 9.94. The minimum absolute atomic E-state index is 0.375. The Labute approximate surface area is 185 Å². The molecule has 8 nitrogen and oxygen atoms in total. The van der Waals surface area contributed by atoms with Gasteiger partial charge in [-0.3, -0.25) is 4.21 Å². The number of hydrogen-bond donors (Lipinski definition) is 2. The average molecular weight is 460 g/mol. The molecule has 0 radical (unpaired) electrons. The zero-order valence-electron chi connectivity index (χ0n) is 16.5. The number of rotatable bonds is 10. The highest BCUT2D eigenvalue weighted by molar-refractivity contribution is 7.80. The van der Waals surface area contributed by atoms with Gasteiger partial charge in [-0.2, -0.15) is 14.4 Å². The quantitative estimate of drug-likeness (QED) is 0.212. The highest BCUT2D eigenvalue weighted by Gasteiger charge is 2.13. The maximum absolute atomic E-state index is 14.0. The van der Waals surface area contributed by atoms with Gasteiger partial charge in [-0.1, -0.05) is 30.3 Å². The van der Waals surface area contributed by atoms with Crippen LogP contribution in [0, 0.1) is 6.08 Å². The molecule has 0 fully saturated rings. The number of imidazole rings is 1. The van der Waals surface area contributed by atoms with E-state index >= 15 is 0 Å². The second-order valence-electron chi connectivity index (χ2n) is 6.89. The van der Waals surface area contributed by atoms with Crippen molar-refractivity contribution in [3.8, 4) is 0 Å². The number of halogens is 1. The van der Waals surface area contributed by atoms with Crippen LogP contribution in [0.2, 0.25) is 0 Å². The van der Waals surface area contributed by atoms with Gasteiger partial charge in [0.15, 0.2) is 17.0 Å². The molecule has 1 aromatic carbocycles. The van der Waals surface area contributed by atoms with Crippen molar-refractivity contribution in [2.75, 3.05) is 10.0 Å². The van der Waals surface area contributed by atoms with E-state index in [-0.39, 0.29) is 0 Å². The van der Waals surface area contributed by atoms with Crippen molar-refractivity contribution in [3.63, 3.8) is 0 Å². The van der Waals surface area contributed by atoms with Crippen molar-refractivity contribution < 1.29 is 13.2 Å². The number of aryl methyl sites for hydroxylation is 2. The number of fused-ring (bicyclic) bond motifs is 1. The summed E-state index contributed by atoms with van der Waals surface area (Å²) in [5.41, 5.74) is 2.64. The van der Waals surface area contributed by atoms with Crippen molar-refractivity contribution >= 4 is 45.3 Å². The maximum atomic E-state index is 14.0. The van der Waals surface area contributed by atoms with Gasteiger partial charge in [-0.25, -0.2) is 4.98 Å². The van der Waals surface area contributed by atoms with Crippen molar-refractivity contribution in [1.82, 2.24) is 19.5 Å². The molecule has 162 valence electrons. The third-order valence-corrected chi connectivity index (χ3v) is 6.07. The molecular formula is C20H20FN6O2S2-. The largest absolute Gasteiger partial charge is 0.755 e. The van der Waals surface area contributed by atoms with Gasteiger partial charge in [0.05, 0.1) is 12.0 Å². The lowest BCUT2D eigenvalue weighted by atomic mass is 10.2. The molecule has 0 bridgehead atoms. The maximum Gasteiger partial charge on any atom is 0.312 e. The van der Waals surface area contributed by atoms with Crippen molar-refractivity contribution in [2.45, 2.75) is 32.4 Å². The van der Waals surface area contributed by atoms with Crippen LogP contribution in [0.1, 0.15) is 23.3 Å². The summed E-state index contributed by atoms with van der Waals surface area (Å²) in [5, 5.41) is 4.92. The predicted molar refractivity (Wildman–Crippen MR) is 119 cm³/mol. The Balaban J connectivity index is 1.36. The van der Waals surface area contributed by atoms with E-state index in [9.17, 15) is 13.2 Å². The fourth-order valence-electron chi connectivity index (χ4n) is 3.23. The molecule has 2 N–H and O–H groups in total. The number of nitrogens with zero attached hydrogens (tertiary/aromatic N) is 4. The Bertz CT molecular complexity index is 1180. The zero-order valence-corrected chi connectivity index (χ0v) is 18.1. The highest BCUT2D eigenvalue weighted by Crippen LogP contribution is 2.23. The number of benzene rings is 1. The minimum Gasteiger partial charge on any atom is -0.755 e. The average Bonchev–Trinajstić information content (AvgIpc) is 3.36. The van der Waals surface area contributed by atoms with Gasteiger partial charge < -0.3 is 19.2 Å². The number of anilines is 2. The van der Waals surface area contributed by atoms with E-state index in [0.717, 1.165) is 29.7 Å². The van der Waals surface area contributed by atoms with Crippen molar-refractivity contribution in [1.29, 1.82) is 0 Å². The molecule has 0 aliphatic heterocycles. The smallest absolute Gasteiger partial charge is 0.312 e. The highest BCUT2D eigenvalue weighted by atomic mass is 32.2. The van der Waals surface area contributed by atoms with E-state index in [0.29, 0.717) is 35.8 Å². The number of unbranched alkanes of at least 4 members (excludes halogenated alkanes) is 1. The molecule has 0 spiro atoms. The third kappa shape index (κ3) is 5.63. The Morgan fingerprint density at radius 2 is 2.03 bits per heavy atom. The molecule has 0 aliphatic rings. The molecule has 0 aliphatic carbocycles. The summed E-state index contributed by atoms with van der Waals surface area (Å²) >= 11 is -0.796. The fraction of sp³-hybridized carbons (Fsp3) is 0.250. The molecule has 0 saturated carbocycles. The SMILES string of the molecule is O=S([O-])Nc1csc(CCCCn2cnc3c(NCc4ccccc4)nc(F)nc32)c1. The summed E-state index contributed by atoms with van der Waals surface area (Å²) in [6.45, 7) is 1.16. The number of hydrogen-bond acceptors (Lipinski definition) is 7. The van der Waals surface area contributed by atoms with Crippen LogP contribution < -0.4 is 10.0 Å². The number of thiophene rings is 1. The molecule has 3 aromatic heterocycles. The predicted octanol–water partition coefficient (Wildman–Crippen LogP) is 3.87. The summed E-state index contributed by atoms with van der Waals surface area (Å²) < 4.78 is 39.6. The number of aromatic nitrogens is 4. The van der Waals surface area contributed by atoms with Crippen molar-refractivity contribution in [2.24, 2.45) is 0 Å². The molecule has 11 heteroatoms. The van der Waals surface area contributed by atoms with E-state index in [1.165, 1.54) is 11.3 Å². The lowest BCUT2D eigenvalue weighted by molar-refractivity contribution is 0.539. The normalized spacial score (nSPS) is 12.2. The molecular weight excluding hydrogens is 439 g/mol. The summed E-state index contributed by atoms with van der Waals surface area (Å²) in [6.07, 6.45) is 3.44. The Morgan fingerprint density at radius 3 is 2.84 bits per heavy atom. The third-order valence-electron chi connectivity index (χ3n) is 4.67. The van der Waals surface area contributed by atoms with E-state index in [1.807, 2.05) is 41.0 Å². The van der Waals surface area contributed by atoms with Gasteiger partial charge in [-0.05, 0) is 30.9 Å². The standard InChI is InChI=1S/C20H21FN6O2S2/c21-20-24-18(22-11-14-6-2-1-3-7-14)17-19(25-20)27(13-23-17)9-5-4-8-16-10-15(12-30-16)26-31(28)29/h1-3,6-7,10,12-13,26H,4-5,8-9,11H2,(H,28,29)(H,22,24,25)/p-1. The molecule has 1 atom stereocenters. The summed E-state index contributed by atoms with van der Waals surface area (Å²) in [6, 6.07) is 11.6. The first-order valence-corrected chi connectivity index (χ1v) is 11.6. The molecule has 4 rings (SSSR count). The molecule has 4 aromatic rings. The zero-order chi connectivity index (χ0) is 21.6. The Kier molecular flexibility index (Phi) is 6.85. The van der Waals surface area contributed by atoms with Crippen LogP contribution in [0.5, 0.6) is 0 Å².